The van der Waals surface area contributed by atoms with Crippen LogP contribution in [-0.4, -0.2) is 261 Å². The molecule has 0 aliphatic carbocycles. The van der Waals surface area contributed by atoms with Crippen LogP contribution in [0.2, 0.25) is 10.0 Å². The monoisotopic (exact) mass is 2080 g/mol. The van der Waals surface area contributed by atoms with E-state index in [4.69, 9.17) is 75.3 Å². The third kappa shape index (κ3) is 24.0. The van der Waals surface area contributed by atoms with Crippen LogP contribution in [0.15, 0.2) is 164 Å². The van der Waals surface area contributed by atoms with Gasteiger partial charge in [0.15, 0.2) is 35.3 Å². The fourth-order valence-corrected chi connectivity index (χ4v) is 18.7. The first kappa shape index (κ1) is 106. The maximum atomic E-state index is 17.3. The lowest BCUT2D eigenvalue weighted by atomic mass is 9.89. The Hall–Kier alpha value is -13.5. The van der Waals surface area contributed by atoms with Gasteiger partial charge in [-0.2, -0.15) is 0 Å². The molecule has 0 unspecified atom stereocenters. The number of unbranched alkanes of at least 4 members (excludes halogenated alkanes) is 4. The van der Waals surface area contributed by atoms with Crippen LogP contribution in [0.3, 0.4) is 0 Å². The predicted molar refractivity (Wildman–Crippen MR) is 515 cm³/mol. The number of aliphatic hydroxyl groups is 10. The van der Waals surface area contributed by atoms with E-state index in [2.05, 4.69) is 61.7 Å². The largest absolute Gasteiger partial charge is 0.508 e. The molecule has 3 fully saturated rings. The van der Waals surface area contributed by atoms with Crippen LogP contribution in [0.5, 0.6) is 80.5 Å². The van der Waals surface area contributed by atoms with Crippen molar-refractivity contribution in [2.45, 2.75) is 219 Å². The van der Waals surface area contributed by atoms with Crippen LogP contribution in [0.1, 0.15) is 146 Å². The van der Waals surface area contributed by atoms with Gasteiger partial charge in [0.2, 0.25) is 59.7 Å². The molecule has 0 spiro atoms. The Morgan fingerprint density at radius 1 is 0.449 bits per heavy atom. The van der Waals surface area contributed by atoms with Gasteiger partial charge in [0.1, 0.15) is 161 Å². The van der Waals surface area contributed by atoms with E-state index < -0.39 is 299 Å². The Labute approximate surface area is 848 Å². The first-order chi connectivity index (χ1) is 70.5. The molecule has 9 heterocycles. The number of carboxylic acid groups (broad SMARTS) is 1. The number of nitrogens with one attached hydrogen (secondary N) is 9. The minimum Gasteiger partial charge on any atom is -0.508 e. The minimum absolute atomic E-state index is 0.0254. The number of hydrogen-bond acceptors (Lipinski definition) is 35. The maximum absolute atomic E-state index is 17.3. The second-order valence-electron chi connectivity index (χ2n) is 36.4. The van der Waals surface area contributed by atoms with E-state index in [-0.39, 0.29) is 57.6 Å². The van der Waals surface area contributed by atoms with Crippen molar-refractivity contribution >= 4 is 70.5 Å². The molecule has 9 aromatic rings. The summed E-state index contributed by atoms with van der Waals surface area (Å²) < 4.78 is 70.5. The molecule has 0 saturated carbocycles. The molecule has 17 bridgehead atoms. The zero-order valence-corrected chi connectivity index (χ0v) is 80.5. The van der Waals surface area contributed by atoms with E-state index >= 15 is 28.8 Å². The first-order valence-electron chi connectivity index (χ1n) is 47.5. The van der Waals surface area contributed by atoms with Gasteiger partial charge in [0.05, 0.1) is 49.1 Å². The van der Waals surface area contributed by atoms with Crippen LogP contribution in [0.25, 0.3) is 11.1 Å². The summed E-state index contributed by atoms with van der Waals surface area (Å²) in [6.07, 6.45) is -23.4. The highest BCUT2D eigenvalue weighted by atomic mass is 35.5. The van der Waals surface area contributed by atoms with Crippen molar-refractivity contribution in [1.29, 1.82) is 0 Å². The van der Waals surface area contributed by atoms with E-state index in [1.807, 2.05) is 0 Å². The summed E-state index contributed by atoms with van der Waals surface area (Å²) in [5, 5.41) is 197. The summed E-state index contributed by atoms with van der Waals surface area (Å²) >= 11 is 15.0. The molecule has 782 valence electrons. The number of aliphatic carboxylic acids is 1. The normalized spacial score (nSPS) is 27.1. The molecule has 147 heavy (non-hydrogen) atoms. The summed E-state index contributed by atoms with van der Waals surface area (Å²) in [5.74, 6) is -17.1. The number of amides is 7. The fraction of sp³-hybridized carbons (Fsp3) is 0.392. The SMILES string of the molecule is CCCCCOc1ccc(CN[C@H]2[C@H](Oc3c4cc5cc3Oc3ccc(cc3Cl)[C@@H](O[C@@H]3O[C@H](CO)[C@@H](O)[C@H](O)[C@H]3NC(C)=O)[C@@H]3NC(=O)[C@H](NC(=O)[C@@H]5NC(=O)[C@H]5NC(=O)[C@@H](Cc6ccc(c(Cl)c6)O4)NC(=O)[C@@H](NCc4ccc(OCCCCC)cc4)c4ccc(O)c(c4)Oc4cc(O)cc5c4)c4ccc(O)c(c4)-c4c(O[C@H]5O[C@H](CO)[C@@H](O)[C@H](O)[C@@H]5O)cc(O)cc4[C@@H](C(=O)O)NC3=O)O[C@H](CO)[C@@H](O)[C@@H]2O)cc1. The number of fused-ring (bicyclic) bond motifs is 14. The Morgan fingerprint density at radius 2 is 0.980 bits per heavy atom. The number of carbonyl (C=O) groups excluding carboxylic acids is 7. The number of phenolic OH excluding ortho intramolecular Hbond substituents is 4. The molecule has 9 aromatic carbocycles. The molecular formula is C102H111Cl2N9O34. The molecule has 24 N–H and O–H groups in total. The van der Waals surface area contributed by atoms with E-state index in [0.29, 0.717) is 35.8 Å². The van der Waals surface area contributed by atoms with Crippen molar-refractivity contribution in [3.63, 3.8) is 0 Å². The number of rotatable bonds is 27. The Balaban J connectivity index is 0.921. The quantitative estimate of drug-likeness (QED) is 0.0311. The van der Waals surface area contributed by atoms with Crippen LogP contribution < -0.4 is 81.0 Å². The van der Waals surface area contributed by atoms with Crippen LogP contribution in [0, 0.1) is 0 Å². The molecule has 18 rings (SSSR count). The first-order valence-corrected chi connectivity index (χ1v) is 48.3. The van der Waals surface area contributed by atoms with Gasteiger partial charge in [-0.3, -0.25) is 38.9 Å². The number of aliphatic hydroxyl groups excluding tert-OH is 10. The lowest BCUT2D eigenvalue weighted by Crippen LogP contribution is -2.65. The molecule has 0 aromatic heterocycles. The Kier molecular flexibility index (Phi) is 33.7. The van der Waals surface area contributed by atoms with Gasteiger partial charge in [0, 0.05) is 55.3 Å². The summed E-state index contributed by atoms with van der Waals surface area (Å²) in [4.78, 5) is 127. The Morgan fingerprint density at radius 3 is 1.58 bits per heavy atom. The second kappa shape index (κ2) is 46.7. The molecule has 3 saturated heterocycles. The van der Waals surface area contributed by atoms with Crippen LogP contribution in [0.4, 0.5) is 0 Å². The van der Waals surface area contributed by atoms with Gasteiger partial charge in [-0.1, -0.05) is 111 Å². The van der Waals surface area contributed by atoms with Gasteiger partial charge in [0.25, 0.3) is 0 Å². The molecule has 0 radical (unpaired) electrons. The lowest BCUT2D eigenvalue weighted by molar-refractivity contribution is -0.284. The molecular weight excluding hydrogens is 1970 g/mol. The number of benzene rings is 9. The fourth-order valence-electron chi connectivity index (χ4n) is 18.2. The average molecular weight is 2080 g/mol. The number of carbonyl (C=O) groups is 8. The van der Waals surface area contributed by atoms with Gasteiger partial charge >= 0.3 is 5.97 Å². The minimum atomic E-state index is -2.59. The topological polar surface area (TPSA) is 650 Å². The van der Waals surface area contributed by atoms with Crippen LogP contribution in [-0.2, 0) is 76.8 Å². The molecule has 7 amide bonds. The number of halogens is 2. The maximum Gasteiger partial charge on any atom is 0.330 e. The van der Waals surface area contributed by atoms with Gasteiger partial charge in [-0.05, 0) is 160 Å². The highest BCUT2D eigenvalue weighted by Crippen LogP contribution is 2.52. The second-order valence-corrected chi connectivity index (χ2v) is 37.2. The van der Waals surface area contributed by atoms with Crippen LogP contribution >= 0.6 is 23.2 Å². The highest BCUT2D eigenvalue weighted by molar-refractivity contribution is 6.32. The third-order valence-corrected chi connectivity index (χ3v) is 26.6. The summed E-state index contributed by atoms with van der Waals surface area (Å²) in [6, 6.07) is 16.0. The predicted octanol–water partition coefficient (Wildman–Crippen LogP) is 4.67. The van der Waals surface area contributed by atoms with Crippen molar-refractivity contribution in [3.05, 3.63) is 224 Å². The third-order valence-electron chi connectivity index (χ3n) is 26.0. The standard InChI is InChI=1S/C102H111Cl2N9O34/c1-4-6-8-26-137-56-18-10-46(11-19-56)40-105-76-50-16-23-65(121)68(34-50)139-58-31-52(30-54(118)37-58)78-96(132)111-79-53-35-70(140-66-24-14-48(28-61(66)103)29-63(93(129)109-78)108-94(76)130)92(147-100-81(87(125)84(122)72(42-114)143-100)106-41-47-12-20-57(21-13-47)138-27-9-7-5-2)71(36-53)141-67-25-17-51(33-62(67)104)91(146-101-82(107-45(3)117)88(126)85(123)73(43-115)144-101)83-98(134)112-80(99(135)136)60-38-55(119)39-69(142-102-90(128)89(127)86(124)74(44-116)145-102)75(60)59-32-49(15-22-64(59)120)77(95(131)113-83)110-97(79)133/h10-25,28,30-39,63,72-74,76-91,100-102,105-106,114-116,118-128H,4-9,26-27,29,40-44H2,1-3H3,(H,107,117)(H,108,130)(H,109,129)(H,110,133)(H,111,132)(H,112,134)(H,113,131)(H,135,136)/t63-,72-,73-,74-,76+,77-,78+,79-,80+,81-,82-,83+,84-,85-,86-,87-,88-,89+,90+,91-,100+,101+,102+/m1/s1. The zero-order valence-electron chi connectivity index (χ0n) is 79.0. The number of aromatic hydroxyl groups is 4. The number of ether oxygens (including phenoxy) is 11. The van der Waals surface area contributed by atoms with Crippen molar-refractivity contribution in [3.8, 4) is 91.6 Å². The lowest BCUT2D eigenvalue weighted by Gasteiger charge is -2.44. The Bertz CT molecular complexity index is 6330. The average Bonchev–Trinajstić information content (AvgIpc) is 0.758. The van der Waals surface area contributed by atoms with Gasteiger partial charge < -0.3 is 171 Å². The zero-order chi connectivity index (χ0) is 105. The van der Waals surface area contributed by atoms with E-state index in [1.54, 1.807) is 48.5 Å². The van der Waals surface area contributed by atoms with Crippen molar-refractivity contribution in [2.24, 2.45) is 0 Å². The summed E-state index contributed by atoms with van der Waals surface area (Å²) in [5.41, 5.74) is -2.30. The molecule has 9 aliphatic heterocycles. The van der Waals surface area contributed by atoms with E-state index in [1.165, 1.54) is 42.5 Å². The van der Waals surface area contributed by atoms with Crippen molar-refractivity contribution in [1.82, 2.24) is 47.9 Å². The number of phenols is 4. The molecule has 45 heteroatoms. The summed E-state index contributed by atoms with van der Waals surface area (Å²) in [6.45, 7) is 2.76. The molecule has 43 nitrogen and oxygen atoms in total. The summed E-state index contributed by atoms with van der Waals surface area (Å²) in [7, 11) is 0. The van der Waals surface area contributed by atoms with E-state index in [0.717, 1.165) is 118 Å². The highest BCUT2D eigenvalue weighted by Gasteiger charge is 2.52. The number of carboxylic acids is 1. The van der Waals surface area contributed by atoms with Gasteiger partial charge in [-0.15, -0.1) is 0 Å². The molecule has 23 atom stereocenters. The van der Waals surface area contributed by atoms with Crippen molar-refractivity contribution < 1.29 is 167 Å². The van der Waals surface area contributed by atoms with Gasteiger partial charge in [-0.25, -0.2) is 4.79 Å². The number of hydrogen-bond donors (Lipinski definition) is 24. The smallest absolute Gasteiger partial charge is 0.330 e. The van der Waals surface area contributed by atoms with E-state index in [9.17, 15) is 86.2 Å². The van der Waals surface area contributed by atoms with Crippen molar-refractivity contribution in [2.75, 3.05) is 33.0 Å². The molecule has 9 aliphatic rings.